The topological polar surface area (TPSA) is 86.4 Å². The standard InChI is InChI=1S/C22H21N3O4S/c1-3-25-18-8-6-5-7-17(18)24-21(25)30-13-14-11-20(26)29-19-12-15(9-10-16(14)19)23-22(27)28-4-2/h5-12H,3-4,13H2,1-2H3,(H,23,27). The summed E-state index contributed by atoms with van der Waals surface area (Å²) in [4.78, 5) is 28.5. The van der Waals surface area contributed by atoms with E-state index >= 15 is 0 Å². The lowest BCUT2D eigenvalue weighted by Crippen LogP contribution is -2.13. The fourth-order valence-corrected chi connectivity index (χ4v) is 4.39. The smallest absolute Gasteiger partial charge is 0.411 e. The van der Waals surface area contributed by atoms with Gasteiger partial charge in [0.1, 0.15) is 5.58 Å². The number of aryl methyl sites for hydroxylation is 1. The van der Waals surface area contributed by atoms with Crippen LogP contribution in [0.25, 0.3) is 22.0 Å². The Labute approximate surface area is 177 Å². The summed E-state index contributed by atoms with van der Waals surface area (Å²) >= 11 is 1.58. The highest BCUT2D eigenvalue weighted by Crippen LogP contribution is 2.29. The SMILES string of the molecule is CCOC(=O)Nc1ccc2c(CSc3nc4ccccc4n3CC)cc(=O)oc2c1. The van der Waals surface area contributed by atoms with Crippen LogP contribution in [0.2, 0.25) is 0 Å². The van der Waals surface area contributed by atoms with Gasteiger partial charge in [0, 0.05) is 35.5 Å². The van der Waals surface area contributed by atoms with Crippen LogP contribution in [0.4, 0.5) is 10.5 Å². The van der Waals surface area contributed by atoms with Gasteiger partial charge in [0.25, 0.3) is 0 Å². The normalized spacial score (nSPS) is 11.1. The van der Waals surface area contributed by atoms with Gasteiger partial charge in [0.15, 0.2) is 5.16 Å². The third-order valence-electron chi connectivity index (χ3n) is 4.64. The van der Waals surface area contributed by atoms with Crippen molar-refractivity contribution in [3.8, 4) is 0 Å². The first kappa shape index (κ1) is 20.0. The second-order valence-electron chi connectivity index (χ2n) is 6.56. The predicted octanol–water partition coefficient (Wildman–Crippen LogP) is 5.02. The average Bonchev–Trinajstić information content (AvgIpc) is 3.09. The van der Waals surface area contributed by atoms with E-state index in [0.717, 1.165) is 33.7 Å². The number of benzene rings is 2. The molecule has 8 heteroatoms. The van der Waals surface area contributed by atoms with Crippen LogP contribution in [0.15, 0.2) is 62.9 Å². The number of aromatic nitrogens is 2. The molecule has 0 bridgehead atoms. The van der Waals surface area contributed by atoms with Crippen molar-refractivity contribution in [1.29, 1.82) is 0 Å². The van der Waals surface area contributed by atoms with Crippen LogP contribution in [-0.4, -0.2) is 22.3 Å². The summed E-state index contributed by atoms with van der Waals surface area (Å²) in [5.41, 5.74) is 3.38. The number of fused-ring (bicyclic) bond motifs is 2. The van der Waals surface area contributed by atoms with E-state index in [1.807, 2.05) is 24.3 Å². The molecule has 0 spiro atoms. The summed E-state index contributed by atoms with van der Waals surface area (Å²) in [5.74, 6) is 0.566. The molecule has 154 valence electrons. The zero-order valence-electron chi connectivity index (χ0n) is 16.7. The van der Waals surface area contributed by atoms with Crippen molar-refractivity contribution in [3.63, 3.8) is 0 Å². The molecule has 30 heavy (non-hydrogen) atoms. The number of hydrogen-bond donors (Lipinski definition) is 1. The van der Waals surface area contributed by atoms with E-state index in [1.165, 1.54) is 6.07 Å². The summed E-state index contributed by atoms with van der Waals surface area (Å²) in [6.07, 6.45) is -0.552. The molecule has 2 heterocycles. The number of para-hydroxylation sites is 2. The molecule has 0 unspecified atom stereocenters. The quantitative estimate of drug-likeness (QED) is 0.346. The molecule has 4 aromatic rings. The number of nitrogens with zero attached hydrogens (tertiary/aromatic N) is 2. The Morgan fingerprint density at radius 2 is 2.03 bits per heavy atom. The van der Waals surface area contributed by atoms with Gasteiger partial charge in [-0.25, -0.2) is 14.6 Å². The molecule has 0 saturated heterocycles. The van der Waals surface area contributed by atoms with Gasteiger partial charge in [-0.15, -0.1) is 0 Å². The Bertz CT molecular complexity index is 1280. The van der Waals surface area contributed by atoms with Crippen LogP contribution in [0.3, 0.4) is 0 Å². The second-order valence-corrected chi connectivity index (χ2v) is 7.51. The number of anilines is 1. The second kappa shape index (κ2) is 8.62. The van der Waals surface area contributed by atoms with Crippen LogP contribution < -0.4 is 10.9 Å². The van der Waals surface area contributed by atoms with Gasteiger partial charge >= 0.3 is 11.7 Å². The van der Waals surface area contributed by atoms with E-state index in [1.54, 1.807) is 30.8 Å². The first-order chi connectivity index (χ1) is 14.6. The van der Waals surface area contributed by atoms with E-state index in [0.29, 0.717) is 17.0 Å². The Kier molecular flexibility index (Phi) is 5.76. The van der Waals surface area contributed by atoms with Gasteiger partial charge < -0.3 is 13.7 Å². The maximum atomic E-state index is 12.1. The number of carbonyl (C=O) groups is 1. The average molecular weight is 423 g/mol. The summed E-state index contributed by atoms with van der Waals surface area (Å²) in [6, 6.07) is 14.8. The monoisotopic (exact) mass is 423 g/mol. The van der Waals surface area contributed by atoms with Crippen LogP contribution >= 0.6 is 11.8 Å². The molecule has 0 aliphatic rings. The fraction of sp³-hybridized carbons (Fsp3) is 0.227. The van der Waals surface area contributed by atoms with Crippen LogP contribution in [-0.2, 0) is 17.0 Å². The molecule has 1 N–H and O–H groups in total. The van der Waals surface area contributed by atoms with Gasteiger partial charge in [-0.05, 0) is 43.7 Å². The highest BCUT2D eigenvalue weighted by molar-refractivity contribution is 7.98. The van der Waals surface area contributed by atoms with E-state index in [-0.39, 0.29) is 6.61 Å². The number of amides is 1. The summed E-state index contributed by atoms with van der Waals surface area (Å²) < 4.78 is 12.4. The Hall–Kier alpha value is -3.26. The van der Waals surface area contributed by atoms with Gasteiger partial charge in [-0.1, -0.05) is 23.9 Å². The van der Waals surface area contributed by atoms with E-state index < -0.39 is 11.7 Å². The molecular weight excluding hydrogens is 402 g/mol. The lowest BCUT2D eigenvalue weighted by Gasteiger charge is -2.09. The summed E-state index contributed by atoms with van der Waals surface area (Å²) in [6.45, 7) is 4.90. The minimum atomic E-state index is -0.552. The highest BCUT2D eigenvalue weighted by Gasteiger charge is 2.13. The molecule has 0 saturated carbocycles. The van der Waals surface area contributed by atoms with E-state index in [9.17, 15) is 9.59 Å². The van der Waals surface area contributed by atoms with Gasteiger partial charge in [0.2, 0.25) is 0 Å². The molecule has 0 aliphatic carbocycles. The molecule has 1 amide bonds. The minimum absolute atomic E-state index is 0.276. The molecule has 7 nitrogen and oxygen atoms in total. The summed E-state index contributed by atoms with van der Waals surface area (Å²) in [5, 5.41) is 4.34. The largest absolute Gasteiger partial charge is 0.450 e. The van der Waals surface area contributed by atoms with Crippen molar-refractivity contribution < 1.29 is 13.9 Å². The predicted molar refractivity (Wildman–Crippen MR) is 118 cm³/mol. The lowest BCUT2D eigenvalue weighted by molar-refractivity contribution is 0.168. The van der Waals surface area contributed by atoms with E-state index in [2.05, 4.69) is 22.9 Å². The third kappa shape index (κ3) is 4.04. The van der Waals surface area contributed by atoms with E-state index in [4.69, 9.17) is 14.1 Å². The third-order valence-corrected chi connectivity index (χ3v) is 5.67. The Balaban J connectivity index is 1.63. The van der Waals surface area contributed by atoms with Crippen molar-refractivity contribution in [2.45, 2.75) is 31.3 Å². The zero-order valence-corrected chi connectivity index (χ0v) is 17.5. The molecule has 0 aliphatic heterocycles. The lowest BCUT2D eigenvalue weighted by atomic mass is 10.1. The highest BCUT2D eigenvalue weighted by atomic mass is 32.2. The molecule has 4 rings (SSSR count). The molecule has 0 fully saturated rings. The number of thioether (sulfide) groups is 1. The number of hydrogen-bond acceptors (Lipinski definition) is 6. The van der Waals surface area contributed by atoms with Crippen molar-refractivity contribution >= 4 is 45.5 Å². The van der Waals surface area contributed by atoms with Crippen LogP contribution in [0.5, 0.6) is 0 Å². The number of nitrogens with one attached hydrogen (secondary N) is 1. The van der Waals surface area contributed by atoms with Crippen molar-refractivity contribution in [3.05, 3.63) is 64.5 Å². The Morgan fingerprint density at radius 3 is 2.83 bits per heavy atom. The number of ether oxygens (including phenoxy) is 1. The van der Waals surface area contributed by atoms with Crippen molar-refractivity contribution in [2.75, 3.05) is 11.9 Å². The first-order valence-electron chi connectivity index (χ1n) is 9.67. The fourth-order valence-electron chi connectivity index (χ4n) is 3.32. The molecule has 2 aromatic carbocycles. The Morgan fingerprint density at radius 1 is 1.20 bits per heavy atom. The zero-order chi connectivity index (χ0) is 21.1. The van der Waals surface area contributed by atoms with Crippen LogP contribution in [0, 0.1) is 0 Å². The van der Waals surface area contributed by atoms with Gasteiger partial charge in [0.05, 0.1) is 17.6 Å². The number of carbonyl (C=O) groups excluding carboxylic acids is 1. The first-order valence-corrected chi connectivity index (χ1v) is 10.7. The van der Waals surface area contributed by atoms with Gasteiger partial charge in [-0.3, -0.25) is 5.32 Å². The minimum Gasteiger partial charge on any atom is -0.450 e. The van der Waals surface area contributed by atoms with Gasteiger partial charge in [-0.2, -0.15) is 0 Å². The molecule has 0 radical (unpaired) electrons. The maximum Gasteiger partial charge on any atom is 0.411 e. The maximum absolute atomic E-state index is 12.1. The molecule has 0 atom stereocenters. The number of rotatable bonds is 6. The van der Waals surface area contributed by atoms with Crippen molar-refractivity contribution in [2.24, 2.45) is 0 Å². The van der Waals surface area contributed by atoms with Crippen molar-refractivity contribution in [1.82, 2.24) is 9.55 Å². The summed E-state index contributed by atoms with van der Waals surface area (Å²) in [7, 11) is 0. The number of imidazole rings is 1. The molecular formula is C22H21N3O4S. The molecule has 2 aromatic heterocycles. The van der Waals surface area contributed by atoms with Crippen LogP contribution in [0.1, 0.15) is 19.4 Å².